The van der Waals surface area contributed by atoms with Crippen LogP contribution in [-0.2, 0) is 9.84 Å². The molecule has 2 unspecified atom stereocenters. The van der Waals surface area contributed by atoms with E-state index in [0.29, 0.717) is 21.2 Å². The summed E-state index contributed by atoms with van der Waals surface area (Å²) >= 11 is 11.7. The second-order valence-corrected chi connectivity index (χ2v) is 8.07. The maximum Gasteiger partial charge on any atom is 0.171 e. The molecule has 0 aliphatic heterocycles. The average Bonchev–Trinajstić information content (AvgIpc) is 2.52. The first-order chi connectivity index (χ1) is 10.9. The zero-order valence-corrected chi connectivity index (χ0v) is 14.7. The molecule has 2 atom stereocenters. The monoisotopic (exact) mass is 366 g/mol. The van der Waals surface area contributed by atoms with Gasteiger partial charge in [-0.05, 0) is 35.4 Å². The van der Waals surface area contributed by atoms with Gasteiger partial charge in [-0.2, -0.15) is 0 Å². The van der Waals surface area contributed by atoms with Gasteiger partial charge in [0, 0.05) is 10.0 Å². The Morgan fingerprint density at radius 2 is 1.04 bits per heavy atom. The van der Waals surface area contributed by atoms with Crippen molar-refractivity contribution in [2.24, 2.45) is 0 Å². The predicted octanol–water partition coefficient (Wildman–Crippen LogP) is 5.56. The molecule has 2 nitrogen and oxygen atoms in total. The van der Waals surface area contributed by atoms with Gasteiger partial charge >= 0.3 is 0 Å². The normalized spacial score (nSPS) is 14.0. The smallest absolute Gasteiger partial charge is 0.171 e. The Morgan fingerprint density at radius 3 is 1.30 bits per heavy atom. The molecule has 0 N–H and O–H groups in total. The molecular formula is C18H16Cl2O2S. The van der Waals surface area contributed by atoms with Gasteiger partial charge in [-0.1, -0.05) is 59.6 Å². The van der Waals surface area contributed by atoms with Gasteiger partial charge in [0.2, 0.25) is 0 Å². The number of hydrogen-bond donors (Lipinski definition) is 0. The van der Waals surface area contributed by atoms with Gasteiger partial charge in [0.15, 0.2) is 9.84 Å². The highest BCUT2D eigenvalue weighted by Gasteiger charge is 2.32. The average molecular weight is 367 g/mol. The third kappa shape index (κ3) is 3.86. The highest BCUT2D eigenvalue weighted by Crippen LogP contribution is 2.36. The van der Waals surface area contributed by atoms with Crippen molar-refractivity contribution in [2.45, 2.75) is 10.5 Å². The molecule has 23 heavy (non-hydrogen) atoms. The van der Waals surface area contributed by atoms with Crippen molar-refractivity contribution in [3.05, 3.63) is 95.0 Å². The van der Waals surface area contributed by atoms with Crippen LogP contribution in [0, 0.1) is 0 Å². The van der Waals surface area contributed by atoms with E-state index in [1.54, 1.807) is 48.5 Å². The lowest BCUT2D eigenvalue weighted by Gasteiger charge is -2.21. The quantitative estimate of drug-likeness (QED) is 0.626. The maximum atomic E-state index is 13.1. The van der Waals surface area contributed by atoms with Crippen LogP contribution >= 0.6 is 23.2 Å². The van der Waals surface area contributed by atoms with E-state index in [4.69, 9.17) is 23.2 Å². The largest absolute Gasteiger partial charge is 0.227 e. The zero-order chi connectivity index (χ0) is 17.0. The minimum absolute atomic E-state index is 0.548. The highest BCUT2D eigenvalue weighted by molar-refractivity contribution is 7.92. The zero-order valence-electron chi connectivity index (χ0n) is 12.3. The molecule has 0 radical (unpaired) electrons. The van der Waals surface area contributed by atoms with E-state index in [1.807, 2.05) is 0 Å². The fourth-order valence-electron chi connectivity index (χ4n) is 2.38. The molecule has 0 saturated carbocycles. The summed E-state index contributed by atoms with van der Waals surface area (Å²) in [6, 6.07) is 13.4. The Balaban J connectivity index is 2.47. The van der Waals surface area contributed by atoms with Crippen molar-refractivity contribution >= 4 is 33.0 Å². The first-order valence-electron chi connectivity index (χ1n) is 6.89. The number of hydrogen-bond acceptors (Lipinski definition) is 2. The summed E-state index contributed by atoms with van der Waals surface area (Å²) in [7, 11) is -3.62. The van der Waals surface area contributed by atoms with E-state index in [0.717, 1.165) is 0 Å². The van der Waals surface area contributed by atoms with Crippen LogP contribution < -0.4 is 0 Å². The molecule has 0 bridgehead atoms. The van der Waals surface area contributed by atoms with Gasteiger partial charge < -0.3 is 0 Å². The summed E-state index contributed by atoms with van der Waals surface area (Å²) in [5, 5.41) is -0.601. The summed E-state index contributed by atoms with van der Waals surface area (Å²) in [6.07, 6.45) is 2.84. The van der Waals surface area contributed by atoms with Gasteiger partial charge in [0.05, 0.1) is 0 Å². The van der Waals surface area contributed by atoms with Crippen molar-refractivity contribution in [1.82, 2.24) is 0 Å². The molecule has 5 heteroatoms. The topological polar surface area (TPSA) is 34.1 Å². The molecule has 2 rings (SSSR count). The molecule has 0 aliphatic rings. The first-order valence-corrected chi connectivity index (χ1v) is 9.25. The van der Waals surface area contributed by atoms with Crippen LogP contribution in [0.4, 0.5) is 0 Å². The van der Waals surface area contributed by atoms with Crippen LogP contribution in [-0.4, -0.2) is 8.42 Å². The summed E-state index contributed by atoms with van der Waals surface area (Å²) in [5.74, 6) is 0. The second-order valence-electron chi connectivity index (χ2n) is 5.00. The molecule has 0 amide bonds. The third-order valence-electron chi connectivity index (χ3n) is 3.53. The van der Waals surface area contributed by atoms with Crippen LogP contribution in [0.3, 0.4) is 0 Å². The molecule has 2 aromatic rings. The van der Waals surface area contributed by atoms with Gasteiger partial charge in [-0.25, -0.2) is 8.42 Å². The van der Waals surface area contributed by atoms with Gasteiger partial charge in [-0.15, -0.1) is 13.2 Å². The van der Waals surface area contributed by atoms with Crippen molar-refractivity contribution in [2.75, 3.05) is 0 Å². The van der Waals surface area contributed by atoms with Crippen LogP contribution in [0.15, 0.2) is 73.8 Å². The molecule has 120 valence electrons. The van der Waals surface area contributed by atoms with E-state index in [1.165, 1.54) is 12.2 Å². The summed E-state index contributed by atoms with van der Waals surface area (Å²) in [6.45, 7) is 7.37. The SMILES string of the molecule is C=CC(c1ccc(Cl)cc1)S(=O)(=O)C(C=C)c1ccc(Cl)cc1. The lowest BCUT2D eigenvalue weighted by molar-refractivity contribution is 0.584. The Kier molecular flexibility index (Phi) is 5.69. The van der Waals surface area contributed by atoms with E-state index in [-0.39, 0.29) is 0 Å². The molecule has 0 heterocycles. The van der Waals surface area contributed by atoms with Crippen LogP contribution in [0.5, 0.6) is 0 Å². The van der Waals surface area contributed by atoms with Gasteiger partial charge in [0.25, 0.3) is 0 Å². The lowest BCUT2D eigenvalue weighted by atomic mass is 10.1. The Bertz CT molecular complexity index is 730. The van der Waals surface area contributed by atoms with E-state index < -0.39 is 20.3 Å². The number of benzene rings is 2. The van der Waals surface area contributed by atoms with Gasteiger partial charge in [0.1, 0.15) is 10.5 Å². The third-order valence-corrected chi connectivity index (χ3v) is 6.38. The standard InChI is InChI=1S/C18H16Cl2O2S/c1-3-17(13-5-9-15(19)10-6-13)23(21,22)18(4-2)14-7-11-16(20)12-8-14/h3-12,17-18H,1-2H2. The van der Waals surface area contributed by atoms with E-state index >= 15 is 0 Å². The van der Waals surface area contributed by atoms with E-state index in [9.17, 15) is 8.42 Å². The molecule has 0 spiro atoms. The summed E-state index contributed by atoms with van der Waals surface area (Å²) < 4.78 is 26.1. The molecule has 2 aromatic carbocycles. The minimum atomic E-state index is -3.62. The lowest BCUT2D eigenvalue weighted by Crippen LogP contribution is -2.18. The number of halogens is 2. The number of rotatable bonds is 6. The van der Waals surface area contributed by atoms with Crippen molar-refractivity contribution in [3.8, 4) is 0 Å². The predicted molar refractivity (Wildman–Crippen MR) is 97.7 cm³/mol. The van der Waals surface area contributed by atoms with Crippen molar-refractivity contribution < 1.29 is 8.42 Å². The molecular weight excluding hydrogens is 351 g/mol. The molecule has 0 aromatic heterocycles. The van der Waals surface area contributed by atoms with Crippen molar-refractivity contribution in [3.63, 3.8) is 0 Å². The molecule has 0 saturated heterocycles. The fourth-order valence-corrected chi connectivity index (χ4v) is 4.56. The minimum Gasteiger partial charge on any atom is -0.227 e. The Labute approximate surface area is 147 Å². The summed E-state index contributed by atoms with van der Waals surface area (Å²) in [5.41, 5.74) is 1.23. The molecule has 0 aliphatic carbocycles. The molecule has 0 fully saturated rings. The summed E-state index contributed by atoms with van der Waals surface area (Å²) in [4.78, 5) is 0. The van der Waals surface area contributed by atoms with Crippen LogP contribution in [0.1, 0.15) is 21.6 Å². The fraction of sp³-hybridized carbons (Fsp3) is 0.111. The second kappa shape index (κ2) is 7.35. The van der Waals surface area contributed by atoms with Crippen LogP contribution in [0.25, 0.3) is 0 Å². The Morgan fingerprint density at radius 1 is 0.739 bits per heavy atom. The maximum absolute atomic E-state index is 13.1. The number of sulfone groups is 1. The van der Waals surface area contributed by atoms with Crippen molar-refractivity contribution in [1.29, 1.82) is 0 Å². The van der Waals surface area contributed by atoms with Crippen LogP contribution in [0.2, 0.25) is 10.0 Å². The highest BCUT2D eigenvalue weighted by atomic mass is 35.5. The van der Waals surface area contributed by atoms with Gasteiger partial charge in [-0.3, -0.25) is 0 Å². The first kappa shape index (κ1) is 17.8. The Hall–Kier alpha value is -1.55. The van der Waals surface area contributed by atoms with E-state index in [2.05, 4.69) is 13.2 Å².